The summed E-state index contributed by atoms with van der Waals surface area (Å²) in [5.74, 6) is -0.436. The standard InChI is InChI=1S/C13H10Cl2N2O2/c14-9-4-2-5-10(15)13(9)17-11-6-1-3-8(16-11)7-12(18)19/h1-6H,7H2,(H,16,17)(H,18,19). The number of nitrogens with one attached hydrogen (secondary N) is 1. The number of rotatable bonds is 4. The maximum Gasteiger partial charge on any atom is 0.309 e. The van der Waals surface area contributed by atoms with E-state index in [-0.39, 0.29) is 6.42 Å². The van der Waals surface area contributed by atoms with E-state index in [0.29, 0.717) is 27.2 Å². The highest BCUT2D eigenvalue weighted by Crippen LogP contribution is 2.31. The van der Waals surface area contributed by atoms with Crippen molar-refractivity contribution in [3.63, 3.8) is 0 Å². The lowest BCUT2D eigenvalue weighted by Gasteiger charge is -2.10. The molecule has 4 nitrogen and oxygen atoms in total. The molecular formula is C13H10Cl2N2O2. The number of halogens is 2. The Balaban J connectivity index is 2.26. The molecule has 0 saturated carbocycles. The molecule has 2 aromatic rings. The maximum atomic E-state index is 10.6. The van der Waals surface area contributed by atoms with E-state index in [1.807, 2.05) is 0 Å². The molecule has 0 spiro atoms. The first-order chi connectivity index (χ1) is 9.06. The van der Waals surface area contributed by atoms with Crippen LogP contribution >= 0.6 is 23.2 Å². The molecule has 0 bridgehead atoms. The molecule has 0 saturated heterocycles. The highest BCUT2D eigenvalue weighted by Gasteiger charge is 2.07. The number of para-hydroxylation sites is 1. The molecule has 6 heteroatoms. The highest BCUT2D eigenvalue weighted by atomic mass is 35.5. The monoisotopic (exact) mass is 296 g/mol. The molecule has 0 unspecified atom stereocenters. The summed E-state index contributed by atoms with van der Waals surface area (Å²) >= 11 is 12.1. The number of nitrogens with zero attached hydrogens (tertiary/aromatic N) is 1. The Morgan fingerprint density at radius 3 is 2.42 bits per heavy atom. The van der Waals surface area contributed by atoms with Crippen LogP contribution in [0.25, 0.3) is 0 Å². The van der Waals surface area contributed by atoms with Crippen LogP contribution in [-0.4, -0.2) is 16.1 Å². The third-order valence-corrected chi connectivity index (χ3v) is 2.98. The van der Waals surface area contributed by atoms with Gasteiger partial charge in [-0.25, -0.2) is 4.98 Å². The zero-order valence-electron chi connectivity index (χ0n) is 9.73. The van der Waals surface area contributed by atoms with Crippen molar-refractivity contribution < 1.29 is 9.90 Å². The number of hydrogen-bond acceptors (Lipinski definition) is 3. The van der Waals surface area contributed by atoms with Crippen molar-refractivity contribution in [3.05, 3.63) is 52.1 Å². The van der Waals surface area contributed by atoms with Crippen LogP contribution in [0.5, 0.6) is 0 Å². The van der Waals surface area contributed by atoms with Crippen molar-refractivity contribution in [1.82, 2.24) is 4.98 Å². The van der Waals surface area contributed by atoms with E-state index < -0.39 is 5.97 Å². The van der Waals surface area contributed by atoms with Gasteiger partial charge in [0.2, 0.25) is 0 Å². The molecule has 0 radical (unpaired) electrons. The Morgan fingerprint density at radius 1 is 1.16 bits per heavy atom. The second-order valence-electron chi connectivity index (χ2n) is 3.81. The van der Waals surface area contributed by atoms with Crippen molar-refractivity contribution in [2.45, 2.75) is 6.42 Å². The smallest absolute Gasteiger partial charge is 0.309 e. The van der Waals surface area contributed by atoms with E-state index >= 15 is 0 Å². The number of carboxylic acid groups (broad SMARTS) is 1. The molecule has 0 atom stereocenters. The van der Waals surface area contributed by atoms with Gasteiger partial charge in [0, 0.05) is 0 Å². The number of carbonyl (C=O) groups is 1. The molecule has 1 aromatic carbocycles. The molecule has 19 heavy (non-hydrogen) atoms. The second-order valence-corrected chi connectivity index (χ2v) is 4.62. The fourth-order valence-electron chi connectivity index (χ4n) is 1.55. The summed E-state index contributed by atoms with van der Waals surface area (Å²) in [5, 5.41) is 12.7. The van der Waals surface area contributed by atoms with Gasteiger partial charge in [0.25, 0.3) is 0 Å². The van der Waals surface area contributed by atoms with E-state index in [2.05, 4.69) is 10.3 Å². The van der Waals surface area contributed by atoms with E-state index in [9.17, 15) is 4.79 Å². The van der Waals surface area contributed by atoms with Gasteiger partial charge in [0.05, 0.1) is 27.8 Å². The van der Waals surface area contributed by atoms with Crippen LogP contribution in [0.3, 0.4) is 0 Å². The number of aliphatic carboxylic acids is 1. The van der Waals surface area contributed by atoms with Gasteiger partial charge in [0.15, 0.2) is 0 Å². The van der Waals surface area contributed by atoms with Crippen LogP contribution in [0.4, 0.5) is 11.5 Å². The highest BCUT2D eigenvalue weighted by molar-refractivity contribution is 6.39. The topological polar surface area (TPSA) is 62.2 Å². The first kappa shape index (κ1) is 13.6. The van der Waals surface area contributed by atoms with Gasteiger partial charge < -0.3 is 10.4 Å². The number of hydrogen-bond donors (Lipinski definition) is 2. The average Bonchev–Trinajstić information content (AvgIpc) is 2.34. The van der Waals surface area contributed by atoms with E-state index in [1.54, 1.807) is 36.4 Å². The van der Waals surface area contributed by atoms with Crippen LogP contribution < -0.4 is 5.32 Å². The van der Waals surface area contributed by atoms with Crippen molar-refractivity contribution in [1.29, 1.82) is 0 Å². The Labute approximate surface area is 120 Å². The van der Waals surface area contributed by atoms with Crippen LogP contribution in [0.2, 0.25) is 10.0 Å². The van der Waals surface area contributed by atoms with Crippen molar-refractivity contribution in [2.75, 3.05) is 5.32 Å². The number of aromatic nitrogens is 1. The summed E-state index contributed by atoms with van der Waals surface area (Å²) in [7, 11) is 0. The molecule has 0 aliphatic rings. The maximum absolute atomic E-state index is 10.6. The van der Waals surface area contributed by atoms with Crippen molar-refractivity contribution in [2.24, 2.45) is 0 Å². The molecule has 98 valence electrons. The Hall–Kier alpha value is -1.78. The molecule has 1 aromatic heterocycles. The lowest BCUT2D eigenvalue weighted by Crippen LogP contribution is -2.04. The zero-order chi connectivity index (χ0) is 13.8. The number of pyridine rings is 1. The summed E-state index contributed by atoms with van der Waals surface area (Å²) in [4.78, 5) is 14.8. The molecule has 2 N–H and O–H groups in total. The Bertz CT molecular complexity index is 597. The van der Waals surface area contributed by atoms with E-state index in [4.69, 9.17) is 28.3 Å². The van der Waals surface area contributed by atoms with Crippen LogP contribution in [0.1, 0.15) is 5.69 Å². The molecule has 0 fully saturated rings. The molecule has 2 rings (SSSR count). The first-order valence-electron chi connectivity index (χ1n) is 5.45. The third kappa shape index (κ3) is 3.59. The summed E-state index contributed by atoms with van der Waals surface area (Å²) in [5.41, 5.74) is 1.01. The number of benzene rings is 1. The SMILES string of the molecule is O=C(O)Cc1cccc(Nc2c(Cl)cccc2Cl)n1. The lowest BCUT2D eigenvalue weighted by atomic mass is 10.2. The molecule has 0 aliphatic heterocycles. The number of carboxylic acids is 1. The molecule has 0 amide bonds. The summed E-state index contributed by atoms with van der Waals surface area (Å²) in [6.07, 6.45) is -0.133. The van der Waals surface area contributed by atoms with Crippen LogP contribution in [-0.2, 0) is 11.2 Å². The summed E-state index contributed by atoms with van der Waals surface area (Å²) in [6.45, 7) is 0. The van der Waals surface area contributed by atoms with Gasteiger partial charge in [-0.3, -0.25) is 4.79 Å². The summed E-state index contributed by atoms with van der Waals surface area (Å²) in [6, 6.07) is 10.2. The van der Waals surface area contributed by atoms with Gasteiger partial charge in [-0.05, 0) is 24.3 Å². The van der Waals surface area contributed by atoms with Gasteiger partial charge in [-0.1, -0.05) is 35.3 Å². The minimum atomic E-state index is -0.930. The first-order valence-corrected chi connectivity index (χ1v) is 6.20. The van der Waals surface area contributed by atoms with E-state index in [0.717, 1.165) is 0 Å². The fourth-order valence-corrected chi connectivity index (χ4v) is 2.04. The zero-order valence-corrected chi connectivity index (χ0v) is 11.2. The lowest BCUT2D eigenvalue weighted by molar-refractivity contribution is -0.136. The Morgan fingerprint density at radius 2 is 1.79 bits per heavy atom. The Kier molecular flexibility index (Phi) is 4.24. The van der Waals surface area contributed by atoms with Crippen molar-refractivity contribution >= 4 is 40.7 Å². The van der Waals surface area contributed by atoms with Gasteiger partial charge in [0.1, 0.15) is 5.82 Å². The molecular weight excluding hydrogens is 287 g/mol. The van der Waals surface area contributed by atoms with Crippen molar-refractivity contribution in [3.8, 4) is 0 Å². The fraction of sp³-hybridized carbons (Fsp3) is 0.0769. The third-order valence-electron chi connectivity index (χ3n) is 2.35. The largest absolute Gasteiger partial charge is 0.481 e. The van der Waals surface area contributed by atoms with Crippen LogP contribution in [0.15, 0.2) is 36.4 Å². The van der Waals surface area contributed by atoms with Gasteiger partial charge in [-0.2, -0.15) is 0 Å². The van der Waals surface area contributed by atoms with Crippen LogP contribution in [0, 0.1) is 0 Å². The molecule has 0 aliphatic carbocycles. The predicted molar refractivity (Wildman–Crippen MR) is 75.3 cm³/mol. The minimum absolute atomic E-state index is 0.133. The molecule has 1 heterocycles. The number of anilines is 2. The average molecular weight is 297 g/mol. The summed E-state index contributed by atoms with van der Waals surface area (Å²) < 4.78 is 0. The quantitative estimate of drug-likeness (QED) is 0.902. The van der Waals surface area contributed by atoms with E-state index in [1.165, 1.54) is 0 Å². The van der Waals surface area contributed by atoms with Gasteiger partial charge >= 0.3 is 5.97 Å². The normalized spacial score (nSPS) is 10.2. The predicted octanol–water partition coefficient (Wildman–Crippen LogP) is 3.76. The second kappa shape index (κ2) is 5.91. The minimum Gasteiger partial charge on any atom is -0.481 e. The van der Waals surface area contributed by atoms with Gasteiger partial charge in [-0.15, -0.1) is 0 Å².